The van der Waals surface area contributed by atoms with Gasteiger partial charge in [-0.2, -0.15) is 0 Å². The van der Waals surface area contributed by atoms with Crippen molar-refractivity contribution >= 4 is 11.7 Å². The molecule has 4 nitrogen and oxygen atoms in total. The third-order valence-electron chi connectivity index (χ3n) is 2.29. The number of aromatic nitrogens is 1. The Labute approximate surface area is 82.9 Å². The van der Waals surface area contributed by atoms with Crippen molar-refractivity contribution < 1.29 is 4.79 Å². The van der Waals surface area contributed by atoms with Crippen molar-refractivity contribution in [1.82, 2.24) is 9.88 Å². The van der Waals surface area contributed by atoms with Gasteiger partial charge in [-0.3, -0.25) is 4.79 Å². The molecule has 0 saturated carbocycles. The Morgan fingerprint density at radius 3 is 3.07 bits per heavy atom. The average molecular weight is 191 g/mol. The maximum absolute atomic E-state index is 11.3. The monoisotopic (exact) mass is 191 g/mol. The van der Waals surface area contributed by atoms with Gasteiger partial charge in [-0.25, -0.2) is 4.98 Å². The molecule has 0 unspecified atom stereocenters. The average Bonchev–Trinajstić information content (AvgIpc) is 2.63. The molecule has 0 aliphatic carbocycles. The van der Waals surface area contributed by atoms with Crippen LogP contribution >= 0.6 is 0 Å². The summed E-state index contributed by atoms with van der Waals surface area (Å²) in [6.07, 6.45) is 3.39. The van der Waals surface area contributed by atoms with Crippen LogP contribution in [-0.4, -0.2) is 29.0 Å². The molecule has 0 aromatic carbocycles. The van der Waals surface area contributed by atoms with Crippen LogP contribution in [0.1, 0.15) is 12.8 Å². The predicted molar refractivity (Wildman–Crippen MR) is 53.7 cm³/mol. The lowest BCUT2D eigenvalue weighted by Gasteiger charge is -2.16. The van der Waals surface area contributed by atoms with Crippen LogP contribution in [0.5, 0.6) is 0 Å². The summed E-state index contributed by atoms with van der Waals surface area (Å²) in [5.74, 6) is 1.04. The topological polar surface area (TPSA) is 45.2 Å². The Morgan fingerprint density at radius 2 is 2.43 bits per heavy atom. The maximum atomic E-state index is 11.3. The molecule has 1 aliphatic heterocycles. The molecule has 0 spiro atoms. The first-order chi connectivity index (χ1) is 6.86. The van der Waals surface area contributed by atoms with Crippen LogP contribution in [0, 0.1) is 0 Å². The zero-order chi connectivity index (χ0) is 9.80. The molecule has 2 heterocycles. The largest absolute Gasteiger partial charge is 0.353 e. The van der Waals surface area contributed by atoms with E-state index in [2.05, 4.69) is 10.3 Å². The van der Waals surface area contributed by atoms with E-state index in [1.807, 2.05) is 23.1 Å². The predicted octanol–water partition coefficient (Wildman–Crippen LogP) is 1.07. The van der Waals surface area contributed by atoms with Crippen molar-refractivity contribution in [2.75, 3.05) is 18.5 Å². The molecule has 0 atom stereocenters. The van der Waals surface area contributed by atoms with Gasteiger partial charge < -0.3 is 10.2 Å². The van der Waals surface area contributed by atoms with Gasteiger partial charge in [-0.05, 0) is 18.6 Å². The van der Waals surface area contributed by atoms with Gasteiger partial charge in [0.2, 0.25) is 5.91 Å². The zero-order valence-corrected chi connectivity index (χ0v) is 7.94. The van der Waals surface area contributed by atoms with Gasteiger partial charge in [0.25, 0.3) is 0 Å². The van der Waals surface area contributed by atoms with E-state index in [0.29, 0.717) is 13.1 Å². The van der Waals surface area contributed by atoms with Crippen LogP contribution in [0.4, 0.5) is 5.82 Å². The smallest absolute Gasteiger partial charge is 0.224 e. The number of amides is 1. The first kappa shape index (κ1) is 8.99. The molecule has 1 aliphatic rings. The molecular formula is C10H13N3O. The minimum atomic E-state index is 0.230. The quantitative estimate of drug-likeness (QED) is 0.777. The third kappa shape index (κ3) is 2.02. The standard InChI is InChI=1S/C10H13N3O/c14-10-5-3-7-13(10)8-12-9-4-1-2-6-11-9/h1-2,4,6H,3,5,7-8H2,(H,11,12). The Bertz CT molecular complexity index is 312. The molecule has 0 radical (unpaired) electrons. The molecule has 1 aromatic heterocycles. The van der Waals surface area contributed by atoms with Crippen molar-refractivity contribution in [2.45, 2.75) is 12.8 Å². The van der Waals surface area contributed by atoms with E-state index in [4.69, 9.17) is 0 Å². The zero-order valence-electron chi connectivity index (χ0n) is 7.94. The fourth-order valence-corrected chi connectivity index (χ4v) is 1.51. The number of likely N-dealkylation sites (tertiary alicyclic amines) is 1. The van der Waals surface area contributed by atoms with Crippen molar-refractivity contribution in [2.24, 2.45) is 0 Å². The maximum Gasteiger partial charge on any atom is 0.224 e. The fourth-order valence-electron chi connectivity index (χ4n) is 1.51. The normalized spacial score (nSPS) is 16.0. The van der Waals surface area contributed by atoms with Crippen molar-refractivity contribution in [3.05, 3.63) is 24.4 Å². The van der Waals surface area contributed by atoms with Crippen LogP contribution in [0.25, 0.3) is 0 Å². The van der Waals surface area contributed by atoms with E-state index in [1.54, 1.807) is 6.20 Å². The highest BCUT2D eigenvalue weighted by Crippen LogP contribution is 2.09. The Balaban J connectivity index is 1.85. The summed E-state index contributed by atoms with van der Waals surface area (Å²) in [4.78, 5) is 17.2. The molecule has 74 valence electrons. The van der Waals surface area contributed by atoms with Crippen molar-refractivity contribution in [3.63, 3.8) is 0 Å². The lowest BCUT2D eigenvalue weighted by atomic mass is 10.4. The molecular weight excluding hydrogens is 178 g/mol. The van der Waals surface area contributed by atoms with Crippen LogP contribution in [0.2, 0.25) is 0 Å². The third-order valence-corrected chi connectivity index (χ3v) is 2.29. The van der Waals surface area contributed by atoms with E-state index in [0.717, 1.165) is 18.8 Å². The summed E-state index contributed by atoms with van der Waals surface area (Å²) in [5.41, 5.74) is 0. The molecule has 0 bridgehead atoms. The number of pyridine rings is 1. The summed E-state index contributed by atoms with van der Waals surface area (Å²) in [6, 6.07) is 5.67. The Kier molecular flexibility index (Phi) is 2.62. The van der Waals surface area contributed by atoms with Crippen LogP contribution in [-0.2, 0) is 4.79 Å². The molecule has 2 rings (SSSR count). The summed E-state index contributed by atoms with van der Waals surface area (Å²) in [7, 11) is 0. The molecule has 1 fully saturated rings. The lowest BCUT2D eigenvalue weighted by molar-refractivity contribution is -0.127. The second kappa shape index (κ2) is 4.09. The molecule has 1 N–H and O–H groups in total. The lowest BCUT2D eigenvalue weighted by Crippen LogP contribution is -2.30. The molecule has 1 saturated heterocycles. The summed E-state index contributed by atoms with van der Waals surface area (Å²) < 4.78 is 0. The number of nitrogens with one attached hydrogen (secondary N) is 1. The van der Waals surface area contributed by atoms with E-state index < -0.39 is 0 Å². The van der Waals surface area contributed by atoms with Crippen LogP contribution < -0.4 is 5.32 Å². The number of hydrogen-bond acceptors (Lipinski definition) is 3. The number of anilines is 1. The van der Waals surface area contributed by atoms with Crippen molar-refractivity contribution in [1.29, 1.82) is 0 Å². The number of nitrogens with zero attached hydrogens (tertiary/aromatic N) is 2. The van der Waals surface area contributed by atoms with Gasteiger partial charge >= 0.3 is 0 Å². The molecule has 14 heavy (non-hydrogen) atoms. The first-order valence-corrected chi connectivity index (χ1v) is 4.79. The van der Waals surface area contributed by atoms with Gasteiger partial charge in [0.1, 0.15) is 5.82 Å². The first-order valence-electron chi connectivity index (χ1n) is 4.79. The molecule has 4 heteroatoms. The van der Waals surface area contributed by atoms with E-state index in [-0.39, 0.29) is 5.91 Å². The van der Waals surface area contributed by atoms with Gasteiger partial charge in [0.15, 0.2) is 0 Å². The number of rotatable bonds is 3. The second-order valence-electron chi connectivity index (χ2n) is 3.31. The van der Waals surface area contributed by atoms with Gasteiger partial charge in [0, 0.05) is 19.2 Å². The molecule has 1 aromatic rings. The fraction of sp³-hybridized carbons (Fsp3) is 0.400. The summed E-state index contributed by atoms with van der Waals surface area (Å²) >= 11 is 0. The van der Waals surface area contributed by atoms with Gasteiger partial charge in [-0.1, -0.05) is 6.07 Å². The minimum absolute atomic E-state index is 0.230. The van der Waals surface area contributed by atoms with Gasteiger partial charge in [0.05, 0.1) is 6.67 Å². The highest BCUT2D eigenvalue weighted by atomic mass is 16.2. The highest BCUT2D eigenvalue weighted by molar-refractivity contribution is 5.78. The van der Waals surface area contributed by atoms with E-state index in [9.17, 15) is 4.79 Å². The highest BCUT2D eigenvalue weighted by Gasteiger charge is 2.19. The SMILES string of the molecule is O=C1CCCN1CNc1ccccn1. The summed E-state index contributed by atoms with van der Waals surface area (Å²) in [6.45, 7) is 1.43. The van der Waals surface area contributed by atoms with Crippen LogP contribution in [0.15, 0.2) is 24.4 Å². The van der Waals surface area contributed by atoms with Crippen LogP contribution in [0.3, 0.4) is 0 Å². The molecule has 1 amide bonds. The number of hydrogen-bond donors (Lipinski definition) is 1. The Morgan fingerprint density at radius 1 is 1.50 bits per heavy atom. The summed E-state index contributed by atoms with van der Waals surface area (Å²) in [5, 5.41) is 3.11. The van der Waals surface area contributed by atoms with Crippen molar-refractivity contribution in [3.8, 4) is 0 Å². The van der Waals surface area contributed by atoms with Gasteiger partial charge in [-0.15, -0.1) is 0 Å². The van der Waals surface area contributed by atoms with E-state index in [1.165, 1.54) is 0 Å². The van der Waals surface area contributed by atoms with E-state index >= 15 is 0 Å². The number of carbonyl (C=O) groups excluding carboxylic acids is 1. The Hall–Kier alpha value is -1.58. The second-order valence-corrected chi connectivity index (χ2v) is 3.31. The minimum Gasteiger partial charge on any atom is -0.353 e. The number of carbonyl (C=O) groups is 1.